The molecule has 0 saturated heterocycles. The van der Waals surface area contributed by atoms with Crippen LogP contribution in [0, 0.1) is 10.1 Å². The van der Waals surface area contributed by atoms with Gasteiger partial charge in [0.1, 0.15) is 11.4 Å². The average Bonchev–Trinajstić information content (AvgIpc) is 2.79. The number of rotatable bonds is 9. The van der Waals surface area contributed by atoms with Crippen LogP contribution in [0.4, 0.5) is 17.1 Å². The maximum absolute atomic E-state index is 12.8. The van der Waals surface area contributed by atoms with E-state index in [1.54, 1.807) is 30.0 Å². The maximum Gasteiger partial charge on any atom is 0.295 e. The number of hydrazone groups is 1. The van der Waals surface area contributed by atoms with E-state index in [2.05, 4.69) is 15.2 Å². The minimum atomic E-state index is -4.09. The van der Waals surface area contributed by atoms with Gasteiger partial charge in [-0.05, 0) is 48.2 Å². The second-order valence-corrected chi connectivity index (χ2v) is 8.95. The van der Waals surface area contributed by atoms with E-state index >= 15 is 0 Å². The second kappa shape index (κ2) is 10.2. The standard InChI is InChI=1S/C21H20N4O5S2/c1-30-21-6-4-3-5-19(21)24-32(28,29)17-11-12-18(20(13-17)25(26)27)23-22-14-15-7-9-16(31-2)10-8-15/h3-14,23-24H,1-2H3/b22-14+. The van der Waals surface area contributed by atoms with Crippen LogP contribution in [0.1, 0.15) is 5.56 Å². The summed E-state index contributed by atoms with van der Waals surface area (Å²) in [7, 11) is -2.68. The summed E-state index contributed by atoms with van der Waals surface area (Å²) in [6, 6.07) is 17.6. The molecule has 0 aliphatic heterocycles. The molecule has 0 spiro atoms. The van der Waals surface area contributed by atoms with Crippen molar-refractivity contribution in [2.75, 3.05) is 23.5 Å². The monoisotopic (exact) mass is 472 g/mol. The van der Waals surface area contributed by atoms with Crippen LogP contribution in [0.15, 0.2) is 81.6 Å². The summed E-state index contributed by atoms with van der Waals surface area (Å²) in [5.41, 5.74) is 3.26. The van der Waals surface area contributed by atoms with E-state index in [0.29, 0.717) is 5.75 Å². The molecule has 0 saturated carbocycles. The lowest BCUT2D eigenvalue weighted by molar-refractivity contribution is -0.384. The fourth-order valence-corrected chi connectivity index (χ4v) is 4.22. The van der Waals surface area contributed by atoms with Gasteiger partial charge in [0, 0.05) is 11.0 Å². The van der Waals surface area contributed by atoms with Crippen LogP contribution in [0.3, 0.4) is 0 Å². The number of nitro benzene ring substituents is 1. The highest BCUT2D eigenvalue weighted by Gasteiger charge is 2.22. The molecule has 3 rings (SSSR count). The number of hydrogen-bond acceptors (Lipinski definition) is 8. The zero-order valence-electron chi connectivity index (χ0n) is 17.2. The first-order valence-electron chi connectivity index (χ1n) is 9.21. The number of anilines is 2. The molecule has 0 aliphatic rings. The van der Waals surface area contributed by atoms with Crippen molar-refractivity contribution in [3.63, 3.8) is 0 Å². The van der Waals surface area contributed by atoms with Crippen LogP contribution in [-0.2, 0) is 10.0 Å². The van der Waals surface area contributed by atoms with Gasteiger partial charge in [0.15, 0.2) is 0 Å². The number of hydrogen-bond donors (Lipinski definition) is 2. The highest BCUT2D eigenvalue weighted by molar-refractivity contribution is 7.98. The molecule has 0 heterocycles. The van der Waals surface area contributed by atoms with Gasteiger partial charge in [-0.15, -0.1) is 11.8 Å². The third kappa shape index (κ3) is 5.56. The van der Waals surface area contributed by atoms with Gasteiger partial charge >= 0.3 is 0 Å². The Balaban J connectivity index is 1.83. The van der Waals surface area contributed by atoms with Crippen molar-refractivity contribution in [1.82, 2.24) is 0 Å². The van der Waals surface area contributed by atoms with Crippen molar-refractivity contribution in [2.45, 2.75) is 9.79 Å². The lowest BCUT2D eigenvalue weighted by Gasteiger charge is -2.12. The Morgan fingerprint density at radius 3 is 2.44 bits per heavy atom. The quantitative estimate of drug-likeness (QED) is 0.202. The minimum Gasteiger partial charge on any atom is -0.495 e. The van der Waals surface area contributed by atoms with E-state index < -0.39 is 20.6 Å². The molecule has 2 N–H and O–H groups in total. The Morgan fingerprint density at radius 2 is 1.78 bits per heavy atom. The number of nitrogens with one attached hydrogen (secondary N) is 2. The SMILES string of the molecule is COc1ccccc1NS(=O)(=O)c1ccc(N/N=C/c2ccc(SC)cc2)c([N+](=O)[O-])c1. The van der Waals surface area contributed by atoms with Gasteiger partial charge in [-0.2, -0.15) is 5.10 Å². The number of nitro groups is 1. The Bertz CT molecular complexity index is 1250. The zero-order valence-corrected chi connectivity index (χ0v) is 18.8. The van der Waals surface area contributed by atoms with Crippen molar-refractivity contribution < 1.29 is 18.1 Å². The van der Waals surface area contributed by atoms with E-state index in [9.17, 15) is 18.5 Å². The normalized spacial score (nSPS) is 11.3. The molecule has 166 valence electrons. The number of para-hydroxylation sites is 2. The third-order valence-corrected chi connectivity index (χ3v) is 6.45. The maximum atomic E-state index is 12.8. The second-order valence-electron chi connectivity index (χ2n) is 6.39. The van der Waals surface area contributed by atoms with Crippen LogP contribution < -0.4 is 14.9 Å². The zero-order chi connectivity index (χ0) is 23.1. The highest BCUT2D eigenvalue weighted by atomic mass is 32.2. The summed E-state index contributed by atoms with van der Waals surface area (Å²) in [6.45, 7) is 0. The van der Waals surface area contributed by atoms with Crippen LogP contribution in [0.5, 0.6) is 5.75 Å². The van der Waals surface area contributed by atoms with Crippen LogP contribution in [0.2, 0.25) is 0 Å². The molecular weight excluding hydrogens is 452 g/mol. The molecule has 0 radical (unpaired) electrons. The van der Waals surface area contributed by atoms with Crippen molar-refractivity contribution in [3.8, 4) is 5.75 Å². The number of benzene rings is 3. The molecule has 3 aromatic carbocycles. The molecule has 0 aromatic heterocycles. The molecule has 32 heavy (non-hydrogen) atoms. The lowest BCUT2D eigenvalue weighted by atomic mass is 10.2. The molecule has 0 bridgehead atoms. The van der Waals surface area contributed by atoms with Gasteiger partial charge in [0.2, 0.25) is 0 Å². The Morgan fingerprint density at radius 1 is 1.06 bits per heavy atom. The van der Waals surface area contributed by atoms with Gasteiger partial charge in [-0.3, -0.25) is 20.3 Å². The first-order chi connectivity index (χ1) is 15.3. The third-order valence-electron chi connectivity index (χ3n) is 4.34. The van der Waals surface area contributed by atoms with E-state index in [0.717, 1.165) is 16.5 Å². The predicted octanol–water partition coefficient (Wildman–Crippen LogP) is 4.57. The first kappa shape index (κ1) is 23.1. The summed E-state index contributed by atoms with van der Waals surface area (Å²) >= 11 is 1.61. The number of sulfonamides is 1. The topological polar surface area (TPSA) is 123 Å². The Hall–Kier alpha value is -3.57. The fraction of sp³-hybridized carbons (Fsp3) is 0.0952. The van der Waals surface area contributed by atoms with Crippen LogP contribution in [0.25, 0.3) is 0 Å². The first-order valence-corrected chi connectivity index (χ1v) is 11.9. The minimum absolute atomic E-state index is 0.0585. The predicted molar refractivity (Wildman–Crippen MR) is 126 cm³/mol. The Kier molecular flexibility index (Phi) is 7.33. The Labute approximate surface area is 189 Å². The van der Waals surface area contributed by atoms with Crippen molar-refractivity contribution >= 4 is 45.1 Å². The van der Waals surface area contributed by atoms with E-state index in [1.807, 2.05) is 30.5 Å². The van der Waals surface area contributed by atoms with Gasteiger partial charge in [0.05, 0.1) is 28.8 Å². The van der Waals surface area contributed by atoms with Crippen molar-refractivity contribution in [3.05, 3.63) is 82.4 Å². The van der Waals surface area contributed by atoms with E-state index in [4.69, 9.17) is 4.74 Å². The molecule has 0 unspecified atom stereocenters. The van der Waals surface area contributed by atoms with E-state index in [-0.39, 0.29) is 16.3 Å². The highest BCUT2D eigenvalue weighted by Crippen LogP contribution is 2.30. The number of methoxy groups -OCH3 is 1. The number of nitrogens with zero attached hydrogens (tertiary/aromatic N) is 2. The van der Waals surface area contributed by atoms with Crippen LogP contribution in [-0.4, -0.2) is 32.9 Å². The molecule has 0 atom stereocenters. The fourth-order valence-electron chi connectivity index (χ4n) is 2.72. The smallest absolute Gasteiger partial charge is 0.295 e. The van der Waals surface area contributed by atoms with Gasteiger partial charge in [-0.1, -0.05) is 24.3 Å². The van der Waals surface area contributed by atoms with E-state index in [1.165, 1.54) is 31.5 Å². The van der Waals surface area contributed by atoms with Gasteiger partial charge < -0.3 is 4.74 Å². The molecule has 11 heteroatoms. The summed E-state index contributed by atoms with van der Waals surface area (Å²) in [5.74, 6) is 0.323. The summed E-state index contributed by atoms with van der Waals surface area (Å²) < 4.78 is 33.1. The largest absolute Gasteiger partial charge is 0.495 e. The average molecular weight is 473 g/mol. The number of ether oxygens (including phenoxy) is 1. The van der Waals surface area contributed by atoms with Gasteiger partial charge in [-0.25, -0.2) is 8.42 Å². The summed E-state index contributed by atoms with van der Waals surface area (Å²) in [5, 5.41) is 15.6. The molecule has 3 aromatic rings. The molecule has 9 nitrogen and oxygen atoms in total. The molecule has 0 fully saturated rings. The van der Waals surface area contributed by atoms with Crippen molar-refractivity contribution in [1.29, 1.82) is 0 Å². The summed E-state index contributed by atoms with van der Waals surface area (Å²) in [4.78, 5) is 11.7. The van der Waals surface area contributed by atoms with Crippen LogP contribution >= 0.6 is 11.8 Å². The van der Waals surface area contributed by atoms with Gasteiger partial charge in [0.25, 0.3) is 15.7 Å². The van der Waals surface area contributed by atoms with Crippen molar-refractivity contribution in [2.24, 2.45) is 5.10 Å². The number of thioether (sulfide) groups is 1. The lowest BCUT2D eigenvalue weighted by Crippen LogP contribution is -2.14. The summed E-state index contributed by atoms with van der Waals surface area (Å²) in [6.07, 6.45) is 3.49. The molecule has 0 aliphatic carbocycles. The molecule has 0 amide bonds. The molecular formula is C21H20N4O5S2.